The summed E-state index contributed by atoms with van der Waals surface area (Å²) >= 11 is 0. The van der Waals surface area contributed by atoms with Crippen LogP contribution in [-0.4, -0.2) is 94.9 Å². The molecule has 0 spiro atoms. The van der Waals surface area contributed by atoms with E-state index in [1.807, 2.05) is 0 Å². The molecule has 64 heavy (non-hydrogen) atoms. The summed E-state index contributed by atoms with van der Waals surface area (Å²) in [4.78, 5) is 0. The zero-order valence-corrected chi connectivity index (χ0v) is 32.5. The van der Waals surface area contributed by atoms with Gasteiger partial charge in [-0.15, -0.1) is 0 Å². The number of hydrogen-bond acceptors (Lipinski definition) is 19. The minimum atomic E-state index is -2.33. The third-order valence-electron chi connectivity index (χ3n) is 12.3. The van der Waals surface area contributed by atoms with Crippen molar-refractivity contribution in [2.45, 2.75) is 54.6 Å². The number of phenols is 12. The molecule has 0 fully saturated rings. The fourth-order valence-electron chi connectivity index (χ4n) is 9.39. The predicted molar refractivity (Wildman–Crippen MR) is 214 cm³/mol. The first-order chi connectivity index (χ1) is 30.4. The number of hydrogen-bond donors (Lipinski definition) is 15. The highest BCUT2D eigenvalue weighted by Gasteiger charge is 2.61. The van der Waals surface area contributed by atoms with E-state index in [0.29, 0.717) is 0 Å². The van der Waals surface area contributed by atoms with Crippen LogP contribution in [0.5, 0.6) is 92.0 Å². The van der Waals surface area contributed by atoms with Gasteiger partial charge in [0.2, 0.25) is 0 Å². The van der Waals surface area contributed by atoms with Gasteiger partial charge in [0.05, 0.1) is 17.9 Å². The number of fused-ring (bicyclic) bond motifs is 9. The topological polar surface area (TPSA) is 340 Å². The van der Waals surface area contributed by atoms with Crippen LogP contribution in [0.3, 0.4) is 0 Å². The molecule has 0 radical (unpaired) electrons. The first-order valence-corrected chi connectivity index (χ1v) is 19.5. The highest BCUT2D eigenvalue weighted by Crippen LogP contribution is 2.65. The van der Waals surface area contributed by atoms with Crippen LogP contribution in [0.25, 0.3) is 0 Å². The summed E-state index contributed by atoms with van der Waals surface area (Å²) in [6.07, 6.45) is -8.76. The Bertz CT molecular complexity index is 2950. The van der Waals surface area contributed by atoms with Crippen LogP contribution in [0.15, 0.2) is 72.8 Å². The summed E-state index contributed by atoms with van der Waals surface area (Å²) in [6, 6.07) is 13.0. The fraction of sp³-hybridized carbons (Fsp3) is 0.200. The van der Waals surface area contributed by atoms with Gasteiger partial charge in [0.1, 0.15) is 64.0 Å². The molecule has 0 saturated heterocycles. The lowest BCUT2D eigenvalue weighted by Gasteiger charge is -2.51. The second-order valence-corrected chi connectivity index (χ2v) is 16.0. The molecule has 19 nitrogen and oxygen atoms in total. The fourth-order valence-corrected chi connectivity index (χ4v) is 9.39. The van der Waals surface area contributed by atoms with Gasteiger partial charge in [-0.3, -0.25) is 0 Å². The molecule has 19 heteroatoms. The Morgan fingerprint density at radius 1 is 0.453 bits per heavy atom. The third-order valence-corrected chi connectivity index (χ3v) is 12.3. The minimum absolute atomic E-state index is 0.0123. The van der Waals surface area contributed by atoms with Crippen molar-refractivity contribution in [3.8, 4) is 92.0 Å². The maximum atomic E-state index is 12.5. The van der Waals surface area contributed by atoms with Crippen molar-refractivity contribution >= 4 is 0 Å². The van der Waals surface area contributed by atoms with Gasteiger partial charge in [-0.25, -0.2) is 0 Å². The van der Waals surface area contributed by atoms with Gasteiger partial charge in [0.25, 0.3) is 0 Å². The lowest BCUT2D eigenvalue weighted by molar-refractivity contribution is -0.219. The van der Waals surface area contributed by atoms with Crippen LogP contribution in [0, 0.1) is 0 Å². The van der Waals surface area contributed by atoms with Gasteiger partial charge in [0.15, 0.2) is 52.5 Å². The molecule has 2 bridgehead atoms. The number of aliphatic hydroxyl groups is 3. The molecule has 15 N–H and O–H groups in total. The van der Waals surface area contributed by atoms with E-state index in [0.717, 1.165) is 60.7 Å². The Hall–Kier alpha value is -8.00. The van der Waals surface area contributed by atoms with E-state index in [-0.39, 0.29) is 73.9 Å². The first-order valence-electron chi connectivity index (χ1n) is 19.5. The molecule has 0 aromatic heterocycles. The lowest BCUT2D eigenvalue weighted by atomic mass is 9.71. The van der Waals surface area contributed by atoms with Crippen LogP contribution < -0.4 is 18.9 Å². The Labute approximate surface area is 358 Å². The Kier molecular flexibility index (Phi) is 8.61. The average molecular weight is 881 g/mol. The lowest BCUT2D eigenvalue weighted by Crippen LogP contribution is -2.57. The molecule has 0 amide bonds. The van der Waals surface area contributed by atoms with Crippen molar-refractivity contribution in [3.05, 3.63) is 117 Å². The summed E-state index contributed by atoms with van der Waals surface area (Å²) in [5.41, 5.74) is -1.07. The summed E-state index contributed by atoms with van der Waals surface area (Å²) < 4.78 is 25.6. The molecule has 330 valence electrons. The summed E-state index contributed by atoms with van der Waals surface area (Å²) in [5.74, 6) is -14.5. The maximum Gasteiger partial charge on any atom is 0.305 e. The highest BCUT2D eigenvalue weighted by atomic mass is 16.7. The molecule has 8 atom stereocenters. The summed E-state index contributed by atoms with van der Waals surface area (Å²) in [5, 5.41) is 166. The van der Waals surface area contributed by atoms with E-state index in [9.17, 15) is 76.6 Å². The third kappa shape index (κ3) is 5.64. The molecule has 6 aromatic rings. The minimum Gasteiger partial charge on any atom is -0.508 e. The van der Waals surface area contributed by atoms with Crippen molar-refractivity contribution in [2.24, 2.45) is 0 Å². The molecule has 4 aliphatic heterocycles. The molecule has 4 heterocycles. The SMILES string of the molecule is Oc1cc(O)c2c(c1)O[C@]1(c3ccc(O)c(O)c3)Oc3cc(O)c4c(c3[C@H]2[C@H]1O)O[C@H](c1ccc(O)c(O)c1)[C@H](O)[C@H]4c1c(O)cc(O)c2c1O[C@H](c1cc(O)c(O)c(O)c1)[C@H](O)C2. The van der Waals surface area contributed by atoms with Crippen LogP contribution in [0.1, 0.15) is 68.6 Å². The number of ether oxygens (including phenoxy) is 4. The van der Waals surface area contributed by atoms with Gasteiger partial charge >= 0.3 is 5.79 Å². The zero-order chi connectivity index (χ0) is 45.4. The van der Waals surface area contributed by atoms with Gasteiger partial charge in [-0.1, -0.05) is 6.07 Å². The van der Waals surface area contributed by atoms with Crippen molar-refractivity contribution in [3.63, 3.8) is 0 Å². The van der Waals surface area contributed by atoms with Crippen molar-refractivity contribution in [1.29, 1.82) is 0 Å². The maximum absolute atomic E-state index is 12.5. The predicted octanol–water partition coefficient (Wildman–Crippen LogP) is 3.95. The van der Waals surface area contributed by atoms with E-state index >= 15 is 0 Å². The van der Waals surface area contributed by atoms with E-state index in [4.69, 9.17) is 18.9 Å². The standard InChI is InChI=1S/C45H36O19/c46-17-9-24(52)32-30(10-17)63-45(16-2-4-20(48)23(51)8-16)44(60)37(32)35-31(64-45)13-26(54)34-36(39(59)41(62-43(34)35)14-1-3-19(47)22(50)5-14)33-25(53)12-21(49)18-11-29(57)40(61-42(18)33)15-6-27(55)38(58)28(56)7-15/h1-10,12-13,29,36-37,39-41,44,46-60H,11H2/t29-,36+,37+,39-,40-,41-,44-,45-/m1/s1. The number of phenolic OH excluding ortho intramolecular Hbond substituents is 12. The Morgan fingerprint density at radius 2 is 1.03 bits per heavy atom. The van der Waals surface area contributed by atoms with Crippen LogP contribution in [-0.2, 0) is 12.2 Å². The van der Waals surface area contributed by atoms with Crippen molar-refractivity contribution in [1.82, 2.24) is 0 Å². The normalized spacial score (nSPS) is 25.0. The Balaban J connectivity index is 1.25. The second kappa shape index (κ2) is 13.8. The quantitative estimate of drug-likeness (QED) is 0.111. The van der Waals surface area contributed by atoms with Crippen molar-refractivity contribution < 1.29 is 95.5 Å². The first kappa shape index (κ1) is 40.1. The Morgan fingerprint density at radius 3 is 1.70 bits per heavy atom. The molecule has 0 saturated carbocycles. The molecule has 10 rings (SSSR count). The van der Waals surface area contributed by atoms with E-state index < -0.39 is 117 Å². The van der Waals surface area contributed by atoms with Gasteiger partial charge < -0.3 is 95.5 Å². The smallest absolute Gasteiger partial charge is 0.305 e. The molecule has 0 aliphatic carbocycles. The van der Waals surface area contributed by atoms with E-state index in [2.05, 4.69) is 0 Å². The zero-order valence-electron chi connectivity index (χ0n) is 32.5. The van der Waals surface area contributed by atoms with E-state index in [1.165, 1.54) is 12.1 Å². The molecule has 6 aromatic carbocycles. The monoisotopic (exact) mass is 880 g/mol. The number of rotatable bonds is 4. The van der Waals surface area contributed by atoms with Gasteiger partial charge in [0, 0.05) is 69.6 Å². The summed E-state index contributed by atoms with van der Waals surface area (Å²) in [6.45, 7) is 0. The highest BCUT2D eigenvalue weighted by molar-refractivity contribution is 5.72. The summed E-state index contributed by atoms with van der Waals surface area (Å²) in [7, 11) is 0. The number of benzene rings is 6. The number of aliphatic hydroxyl groups excluding tert-OH is 3. The molecular weight excluding hydrogens is 844 g/mol. The van der Waals surface area contributed by atoms with Crippen LogP contribution in [0.4, 0.5) is 0 Å². The largest absolute Gasteiger partial charge is 0.508 e. The van der Waals surface area contributed by atoms with Crippen LogP contribution in [0.2, 0.25) is 0 Å². The molecule has 0 unspecified atom stereocenters. The van der Waals surface area contributed by atoms with E-state index in [1.54, 1.807) is 0 Å². The second-order valence-electron chi connectivity index (χ2n) is 16.0. The molecule has 4 aliphatic rings. The van der Waals surface area contributed by atoms with Gasteiger partial charge in [-0.05, 0) is 48.0 Å². The van der Waals surface area contributed by atoms with Crippen LogP contribution >= 0.6 is 0 Å². The van der Waals surface area contributed by atoms with Crippen molar-refractivity contribution in [2.75, 3.05) is 0 Å². The number of aromatic hydroxyl groups is 12. The van der Waals surface area contributed by atoms with Gasteiger partial charge in [-0.2, -0.15) is 0 Å². The average Bonchev–Trinajstić information content (AvgIpc) is 3.22. The molecular formula is C45H36O19.